The molecule has 0 saturated carbocycles. The predicted octanol–water partition coefficient (Wildman–Crippen LogP) is 1.39. The van der Waals surface area contributed by atoms with Gasteiger partial charge in [-0.15, -0.1) is 0 Å². The van der Waals surface area contributed by atoms with E-state index in [2.05, 4.69) is 4.98 Å². The zero-order valence-electron chi connectivity index (χ0n) is 4.46. The second kappa shape index (κ2) is 3.45. The standard InChI is InChI=1S/C4H4F2N2.H2S/c5-4(6)8-2-1-7-3-8;/h1-4H;1H2. The molecule has 0 saturated heterocycles. The summed E-state index contributed by atoms with van der Waals surface area (Å²) in [4.78, 5) is 3.43. The second-order valence-corrected chi connectivity index (χ2v) is 1.29. The summed E-state index contributed by atoms with van der Waals surface area (Å²) in [6.45, 7) is -2.46. The first-order valence-electron chi connectivity index (χ1n) is 2.06. The SMILES string of the molecule is FC(F)n1ccnc1.S. The van der Waals surface area contributed by atoms with Crippen molar-refractivity contribution >= 4 is 13.5 Å². The Morgan fingerprint density at radius 1 is 1.44 bits per heavy atom. The Balaban J connectivity index is 0.000000640. The molecule has 0 aliphatic heterocycles. The molecule has 0 bridgehead atoms. The summed E-state index contributed by atoms with van der Waals surface area (Å²) in [5, 5.41) is 0. The Morgan fingerprint density at radius 3 is 2.33 bits per heavy atom. The van der Waals surface area contributed by atoms with Gasteiger partial charge in [0, 0.05) is 12.4 Å². The van der Waals surface area contributed by atoms with E-state index in [1.54, 1.807) is 0 Å². The lowest BCUT2D eigenvalue weighted by molar-refractivity contribution is 0.0701. The number of halogens is 2. The monoisotopic (exact) mass is 152 g/mol. The Labute approximate surface area is 58.0 Å². The topological polar surface area (TPSA) is 17.8 Å². The predicted molar refractivity (Wildman–Crippen MR) is 33.9 cm³/mol. The van der Waals surface area contributed by atoms with Gasteiger partial charge >= 0.3 is 6.55 Å². The molecule has 0 aliphatic rings. The van der Waals surface area contributed by atoms with E-state index >= 15 is 0 Å². The number of rotatable bonds is 1. The quantitative estimate of drug-likeness (QED) is 0.594. The van der Waals surface area contributed by atoms with Gasteiger partial charge in [0.1, 0.15) is 0 Å². The number of nitrogens with zero attached hydrogens (tertiary/aromatic N) is 2. The minimum absolute atomic E-state index is 0. The van der Waals surface area contributed by atoms with E-state index in [1.165, 1.54) is 12.4 Å². The molecule has 0 unspecified atom stereocenters. The molecule has 0 atom stereocenters. The van der Waals surface area contributed by atoms with Crippen molar-refractivity contribution < 1.29 is 8.78 Å². The van der Waals surface area contributed by atoms with Gasteiger partial charge in [-0.05, 0) is 0 Å². The summed E-state index contributed by atoms with van der Waals surface area (Å²) < 4.78 is 23.8. The summed E-state index contributed by atoms with van der Waals surface area (Å²) in [6.07, 6.45) is 3.60. The van der Waals surface area contributed by atoms with E-state index in [4.69, 9.17) is 0 Å². The molecule has 5 heteroatoms. The van der Waals surface area contributed by atoms with E-state index < -0.39 is 6.55 Å². The number of hydrogen-bond donors (Lipinski definition) is 0. The highest BCUT2D eigenvalue weighted by Crippen LogP contribution is 2.06. The van der Waals surface area contributed by atoms with Gasteiger partial charge in [-0.1, -0.05) is 0 Å². The molecule has 0 spiro atoms. The van der Waals surface area contributed by atoms with E-state index in [0.29, 0.717) is 0 Å². The summed E-state index contributed by atoms with van der Waals surface area (Å²) in [7, 11) is 0. The van der Waals surface area contributed by atoms with Crippen LogP contribution in [-0.2, 0) is 0 Å². The van der Waals surface area contributed by atoms with Gasteiger partial charge in [-0.3, -0.25) is 4.57 Å². The maximum Gasteiger partial charge on any atom is 0.319 e. The zero-order chi connectivity index (χ0) is 5.98. The van der Waals surface area contributed by atoms with Crippen LogP contribution in [0.2, 0.25) is 0 Å². The third-order valence-corrected chi connectivity index (χ3v) is 0.750. The average molecular weight is 152 g/mol. The minimum atomic E-state index is -2.46. The highest BCUT2D eigenvalue weighted by molar-refractivity contribution is 7.59. The van der Waals surface area contributed by atoms with Crippen molar-refractivity contribution in [2.75, 3.05) is 0 Å². The van der Waals surface area contributed by atoms with Crippen LogP contribution >= 0.6 is 13.5 Å². The van der Waals surface area contributed by atoms with Gasteiger partial charge in [0.25, 0.3) is 0 Å². The molecule has 52 valence electrons. The Kier molecular flexibility index (Phi) is 3.22. The third-order valence-electron chi connectivity index (χ3n) is 0.750. The Hall–Kier alpha value is -0.580. The molecule has 1 aromatic heterocycles. The van der Waals surface area contributed by atoms with Crippen molar-refractivity contribution in [1.29, 1.82) is 0 Å². The summed E-state index contributed by atoms with van der Waals surface area (Å²) >= 11 is 0. The van der Waals surface area contributed by atoms with Crippen molar-refractivity contribution in [3.63, 3.8) is 0 Å². The normalized spacial score (nSPS) is 9.22. The Morgan fingerprint density at radius 2 is 2.11 bits per heavy atom. The van der Waals surface area contributed by atoms with Crippen molar-refractivity contribution in [3.05, 3.63) is 18.7 Å². The van der Waals surface area contributed by atoms with Crippen LogP contribution in [0, 0.1) is 0 Å². The van der Waals surface area contributed by atoms with E-state index in [1.807, 2.05) is 0 Å². The third kappa shape index (κ3) is 2.01. The number of aromatic nitrogens is 2. The molecule has 0 amide bonds. The first-order chi connectivity index (χ1) is 3.80. The minimum Gasteiger partial charge on any atom is -0.280 e. The fraction of sp³-hybridized carbons (Fsp3) is 0.250. The lowest BCUT2D eigenvalue weighted by Gasteiger charge is -1.94. The maximum absolute atomic E-state index is 11.5. The lowest BCUT2D eigenvalue weighted by atomic mass is 10.9. The zero-order valence-corrected chi connectivity index (χ0v) is 5.46. The Bertz CT molecular complexity index is 152. The number of imidazole rings is 1. The van der Waals surface area contributed by atoms with Crippen molar-refractivity contribution in [3.8, 4) is 0 Å². The van der Waals surface area contributed by atoms with Gasteiger partial charge in [0.05, 0.1) is 6.33 Å². The van der Waals surface area contributed by atoms with Gasteiger partial charge < -0.3 is 0 Å². The first kappa shape index (κ1) is 8.42. The van der Waals surface area contributed by atoms with Crippen LogP contribution in [0.3, 0.4) is 0 Å². The molecular weight excluding hydrogens is 146 g/mol. The molecule has 1 aromatic rings. The second-order valence-electron chi connectivity index (χ2n) is 1.29. The molecular formula is C4H6F2N2S. The first-order valence-corrected chi connectivity index (χ1v) is 2.06. The van der Waals surface area contributed by atoms with E-state index in [-0.39, 0.29) is 13.5 Å². The smallest absolute Gasteiger partial charge is 0.280 e. The molecule has 0 aliphatic carbocycles. The van der Waals surface area contributed by atoms with Gasteiger partial charge in [-0.2, -0.15) is 22.3 Å². The molecule has 2 nitrogen and oxygen atoms in total. The summed E-state index contributed by atoms with van der Waals surface area (Å²) in [5.41, 5.74) is 0. The molecule has 1 heterocycles. The van der Waals surface area contributed by atoms with Crippen LogP contribution in [0.15, 0.2) is 18.7 Å². The van der Waals surface area contributed by atoms with E-state index in [9.17, 15) is 8.78 Å². The van der Waals surface area contributed by atoms with Gasteiger partial charge in [-0.25, -0.2) is 4.98 Å². The van der Waals surface area contributed by atoms with Gasteiger partial charge in [0.2, 0.25) is 0 Å². The largest absolute Gasteiger partial charge is 0.319 e. The highest BCUT2D eigenvalue weighted by Gasteiger charge is 2.00. The van der Waals surface area contributed by atoms with Gasteiger partial charge in [0.15, 0.2) is 0 Å². The number of hydrogen-bond acceptors (Lipinski definition) is 1. The van der Waals surface area contributed by atoms with Crippen LogP contribution in [0.1, 0.15) is 6.55 Å². The van der Waals surface area contributed by atoms with Crippen LogP contribution in [0.5, 0.6) is 0 Å². The molecule has 9 heavy (non-hydrogen) atoms. The lowest BCUT2D eigenvalue weighted by Crippen LogP contribution is -1.91. The number of alkyl halides is 2. The summed E-state index contributed by atoms with van der Waals surface area (Å²) in [5.74, 6) is 0. The molecule has 0 aromatic carbocycles. The van der Waals surface area contributed by atoms with Crippen LogP contribution < -0.4 is 0 Å². The van der Waals surface area contributed by atoms with Crippen molar-refractivity contribution in [1.82, 2.24) is 9.55 Å². The molecule has 0 N–H and O–H groups in total. The average Bonchev–Trinajstić information content (AvgIpc) is 2.12. The molecule has 0 fully saturated rings. The fourth-order valence-corrected chi connectivity index (χ4v) is 0.385. The molecule has 0 radical (unpaired) electrons. The van der Waals surface area contributed by atoms with Crippen LogP contribution in [-0.4, -0.2) is 9.55 Å². The van der Waals surface area contributed by atoms with Crippen molar-refractivity contribution in [2.45, 2.75) is 6.55 Å². The van der Waals surface area contributed by atoms with E-state index in [0.717, 1.165) is 10.9 Å². The molecule has 1 rings (SSSR count). The summed E-state index contributed by atoms with van der Waals surface area (Å²) in [6, 6.07) is 0. The van der Waals surface area contributed by atoms with Crippen molar-refractivity contribution in [2.24, 2.45) is 0 Å². The van der Waals surface area contributed by atoms with Crippen LogP contribution in [0.25, 0.3) is 0 Å². The maximum atomic E-state index is 11.5. The highest BCUT2D eigenvalue weighted by atomic mass is 32.1. The van der Waals surface area contributed by atoms with Crippen LogP contribution in [0.4, 0.5) is 8.78 Å². The fourth-order valence-electron chi connectivity index (χ4n) is 0.385.